The Balaban J connectivity index is 2.55. The highest BCUT2D eigenvalue weighted by Crippen LogP contribution is 2.19. The highest BCUT2D eigenvalue weighted by molar-refractivity contribution is 5.62. The lowest BCUT2D eigenvalue weighted by Gasteiger charge is -2.02. The Morgan fingerprint density at radius 3 is 2.73 bits per heavy atom. The van der Waals surface area contributed by atoms with Crippen LogP contribution in [0, 0.1) is 0 Å². The summed E-state index contributed by atoms with van der Waals surface area (Å²) in [4.78, 5) is 15.2. The Morgan fingerprint density at radius 2 is 2.07 bits per heavy atom. The van der Waals surface area contributed by atoms with Gasteiger partial charge in [0.25, 0.3) is 5.56 Å². The third-order valence-electron chi connectivity index (χ3n) is 2.16. The fourth-order valence-electron chi connectivity index (χ4n) is 1.31. The van der Waals surface area contributed by atoms with Crippen molar-refractivity contribution in [2.45, 2.75) is 0 Å². The fourth-order valence-corrected chi connectivity index (χ4v) is 1.31. The molecule has 0 atom stereocenters. The number of aromatic nitrogens is 2. The quantitative estimate of drug-likeness (QED) is 0.754. The van der Waals surface area contributed by atoms with Gasteiger partial charge in [0.05, 0.1) is 6.20 Å². The molecule has 0 fully saturated rings. The Labute approximate surface area is 86.5 Å². The highest BCUT2D eigenvalue weighted by atomic mass is 16.3. The standard InChI is InChI=1S/C11H10N2O2/c1-13-3-2-8(5-11(13)15)9-4-10(14)7-12-6-9/h2-7,14H,1H3. The zero-order chi connectivity index (χ0) is 10.8. The van der Waals surface area contributed by atoms with Crippen LogP contribution in [-0.4, -0.2) is 14.7 Å². The number of rotatable bonds is 1. The SMILES string of the molecule is Cn1ccc(-c2cncc(O)c2)cc1=O. The van der Waals surface area contributed by atoms with E-state index in [4.69, 9.17) is 0 Å². The Morgan fingerprint density at radius 1 is 1.27 bits per heavy atom. The molecule has 15 heavy (non-hydrogen) atoms. The topological polar surface area (TPSA) is 55.1 Å². The molecule has 1 N–H and O–H groups in total. The molecule has 2 heterocycles. The number of pyridine rings is 2. The van der Waals surface area contributed by atoms with E-state index < -0.39 is 0 Å². The van der Waals surface area contributed by atoms with E-state index in [0.29, 0.717) is 0 Å². The maximum Gasteiger partial charge on any atom is 0.250 e. The summed E-state index contributed by atoms with van der Waals surface area (Å²) < 4.78 is 1.49. The lowest BCUT2D eigenvalue weighted by atomic mass is 10.1. The van der Waals surface area contributed by atoms with Crippen molar-refractivity contribution in [1.29, 1.82) is 0 Å². The predicted octanol–water partition coefficient (Wildman–Crippen LogP) is 1.15. The van der Waals surface area contributed by atoms with E-state index in [9.17, 15) is 9.90 Å². The summed E-state index contributed by atoms with van der Waals surface area (Å²) in [6.45, 7) is 0. The van der Waals surface area contributed by atoms with Crippen LogP contribution in [0.25, 0.3) is 11.1 Å². The van der Waals surface area contributed by atoms with Crippen LogP contribution in [0.5, 0.6) is 5.75 Å². The van der Waals surface area contributed by atoms with Gasteiger partial charge in [-0.1, -0.05) is 0 Å². The molecule has 0 aliphatic heterocycles. The number of aryl methyl sites for hydroxylation is 1. The van der Waals surface area contributed by atoms with Crippen molar-refractivity contribution in [1.82, 2.24) is 9.55 Å². The maximum atomic E-state index is 11.4. The molecule has 0 unspecified atom stereocenters. The van der Waals surface area contributed by atoms with E-state index in [-0.39, 0.29) is 11.3 Å². The van der Waals surface area contributed by atoms with Crippen molar-refractivity contribution in [2.24, 2.45) is 7.05 Å². The van der Waals surface area contributed by atoms with E-state index in [0.717, 1.165) is 11.1 Å². The molecular formula is C11H10N2O2. The Hall–Kier alpha value is -2.10. The third kappa shape index (κ3) is 1.88. The number of nitrogens with zero attached hydrogens (tertiary/aromatic N) is 2. The molecule has 4 heteroatoms. The van der Waals surface area contributed by atoms with E-state index >= 15 is 0 Å². The lowest BCUT2D eigenvalue weighted by molar-refractivity contribution is 0.473. The average molecular weight is 202 g/mol. The molecule has 2 aromatic heterocycles. The minimum absolute atomic E-state index is 0.0872. The number of hydrogen-bond donors (Lipinski definition) is 1. The average Bonchev–Trinajstić information content (AvgIpc) is 2.22. The van der Waals surface area contributed by atoms with Crippen LogP contribution in [0.3, 0.4) is 0 Å². The monoisotopic (exact) mass is 202 g/mol. The first kappa shape index (κ1) is 9.45. The molecule has 4 nitrogen and oxygen atoms in total. The van der Waals surface area contributed by atoms with Gasteiger partial charge in [-0.3, -0.25) is 9.78 Å². The second-order valence-electron chi connectivity index (χ2n) is 3.30. The summed E-state index contributed by atoms with van der Waals surface area (Å²) >= 11 is 0. The minimum Gasteiger partial charge on any atom is -0.506 e. The van der Waals surface area contributed by atoms with Crippen molar-refractivity contribution in [3.8, 4) is 16.9 Å². The molecule has 0 aliphatic rings. The Kier molecular flexibility index (Phi) is 2.25. The fraction of sp³-hybridized carbons (Fsp3) is 0.0909. The zero-order valence-electron chi connectivity index (χ0n) is 8.21. The van der Waals surface area contributed by atoms with E-state index in [1.165, 1.54) is 16.8 Å². The molecule has 2 rings (SSSR count). The third-order valence-corrected chi connectivity index (χ3v) is 2.16. The van der Waals surface area contributed by atoms with Crippen LogP contribution in [0.2, 0.25) is 0 Å². The van der Waals surface area contributed by atoms with Crippen LogP contribution in [0.15, 0.2) is 41.6 Å². The van der Waals surface area contributed by atoms with Crippen molar-refractivity contribution < 1.29 is 5.11 Å². The van der Waals surface area contributed by atoms with Gasteiger partial charge in [-0.25, -0.2) is 0 Å². The van der Waals surface area contributed by atoms with Crippen LogP contribution in [0.4, 0.5) is 0 Å². The van der Waals surface area contributed by atoms with Gasteiger partial charge in [-0.05, 0) is 17.7 Å². The van der Waals surface area contributed by atoms with Gasteiger partial charge in [0.1, 0.15) is 5.75 Å². The summed E-state index contributed by atoms with van der Waals surface area (Å²) in [5.41, 5.74) is 1.39. The van der Waals surface area contributed by atoms with Gasteiger partial charge in [-0.15, -0.1) is 0 Å². The van der Waals surface area contributed by atoms with Crippen molar-refractivity contribution >= 4 is 0 Å². The summed E-state index contributed by atoms with van der Waals surface area (Å²) in [5, 5.41) is 9.25. The highest BCUT2D eigenvalue weighted by Gasteiger charge is 2.00. The molecule has 2 aromatic rings. The largest absolute Gasteiger partial charge is 0.506 e. The first-order chi connectivity index (χ1) is 7.16. The van der Waals surface area contributed by atoms with Crippen molar-refractivity contribution in [3.05, 3.63) is 47.1 Å². The summed E-state index contributed by atoms with van der Waals surface area (Å²) in [6, 6.07) is 4.88. The number of aromatic hydroxyl groups is 1. The summed E-state index contributed by atoms with van der Waals surface area (Å²) in [5.74, 6) is 0.0909. The maximum absolute atomic E-state index is 11.4. The molecule has 76 valence electrons. The second-order valence-corrected chi connectivity index (χ2v) is 3.30. The Bertz CT molecular complexity index is 546. The minimum atomic E-state index is -0.0872. The first-order valence-corrected chi connectivity index (χ1v) is 4.48. The molecule has 0 saturated carbocycles. The van der Waals surface area contributed by atoms with Crippen molar-refractivity contribution in [2.75, 3.05) is 0 Å². The van der Waals surface area contributed by atoms with Gasteiger partial charge >= 0.3 is 0 Å². The molecule has 0 spiro atoms. The normalized spacial score (nSPS) is 10.2. The van der Waals surface area contributed by atoms with E-state index in [1.54, 1.807) is 31.6 Å². The summed E-state index contributed by atoms with van der Waals surface area (Å²) in [7, 11) is 1.69. The van der Waals surface area contributed by atoms with E-state index in [1.807, 2.05) is 0 Å². The van der Waals surface area contributed by atoms with Crippen molar-refractivity contribution in [3.63, 3.8) is 0 Å². The predicted molar refractivity (Wildman–Crippen MR) is 56.6 cm³/mol. The molecule has 0 amide bonds. The zero-order valence-corrected chi connectivity index (χ0v) is 8.21. The van der Waals surface area contributed by atoms with E-state index in [2.05, 4.69) is 4.98 Å². The molecule has 0 aliphatic carbocycles. The first-order valence-electron chi connectivity index (χ1n) is 4.48. The van der Waals surface area contributed by atoms with Crippen LogP contribution >= 0.6 is 0 Å². The molecule has 0 radical (unpaired) electrons. The van der Waals surface area contributed by atoms with Gasteiger partial charge in [0.15, 0.2) is 0 Å². The molecule has 0 aromatic carbocycles. The molecule has 0 bridgehead atoms. The second kappa shape index (κ2) is 3.57. The number of hydrogen-bond acceptors (Lipinski definition) is 3. The molecule has 0 saturated heterocycles. The molecular weight excluding hydrogens is 192 g/mol. The van der Waals surface area contributed by atoms with Crippen LogP contribution in [0.1, 0.15) is 0 Å². The lowest BCUT2D eigenvalue weighted by Crippen LogP contribution is -2.14. The van der Waals surface area contributed by atoms with Gasteiger partial charge < -0.3 is 9.67 Å². The van der Waals surface area contributed by atoms with Gasteiger partial charge in [0.2, 0.25) is 0 Å². The summed E-state index contributed by atoms with van der Waals surface area (Å²) in [6.07, 6.45) is 4.64. The van der Waals surface area contributed by atoms with Gasteiger partial charge in [0, 0.05) is 31.1 Å². The van der Waals surface area contributed by atoms with Crippen LogP contribution in [-0.2, 0) is 7.05 Å². The smallest absolute Gasteiger partial charge is 0.250 e. The van der Waals surface area contributed by atoms with Crippen LogP contribution < -0.4 is 5.56 Å². The van der Waals surface area contributed by atoms with Gasteiger partial charge in [-0.2, -0.15) is 0 Å².